The van der Waals surface area contributed by atoms with Crippen LogP contribution in [0.15, 0.2) is 48.6 Å². The van der Waals surface area contributed by atoms with E-state index in [2.05, 4.69) is 0 Å². The van der Waals surface area contributed by atoms with E-state index in [0.717, 1.165) is 19.3 Å². The third-order valence-corrected chi connectivity index (χ3v) is 8.44. The smallest absolute Gasteiger partial charge is 0.313 e. The Hall–Kier alpha value is -3.17. The number of anilines is 1. The van der Waals surface area contributed by atoms with E-state index >= 15 is 0 Å². The first-order chi connectivity index (χ1) is 18.3. The summed E-state index contributed by atoms with van der Waals surface area (Å²) in [5, 5.41) is 10.1. The molecule has 0 aromatic heterocycles. The predicted molar refractivity (Wildman–Crippen MR) is 139 cm³/mol. The first-order valence-corrected chi connectivity index (χ1v) is 13.4. The molecule has 2 saturated heterocycles. The van der Waals surface area contributed by atoms with Gasteiger partial charge >= 0.3 is 5.97 Å². The zero-order valence-electron chi connectivity index (χ0n) is 22.2. The van der Waals surface area contributed by atoms with Crippen molar-refractivity contribution in [2.24, 2.45) is 11.8 Å². The van der Waals surface area contributed by atoms with Crippen LogP contribution in [0.25, 0.3) is 0 Å². The standard InChI is InChI=1S/C29H36N2O7/c1-4-28-14-7-5-6-8-17-37-27(35)23(28)22-25(33)31(19(2)18-32)24-26(34)30(16-9-15-29(22,24)38-28)20-10-12-21(36-3)13-11-20/h7,9-15,19,22-24,32H,4-6,8,16-18H2,1-3H3/b14-7-/t19-,22+,23+,24?,28-,29+/m1/s1. The molecule has 0 radical (unpaired) electrons. The minimum absolute atomic E-state index is 0.263. The zero-order valence-corrected chi connectivity index (χ0v) is 22.2. The Bertz CT molecular complexity index is 1150. The molecule has 1 unspecified atom stereocenters. The van der Waals surface area contributed by atoms with E-state index in [4.69, 9.17) is 14.2 Å². The van der Waals surface area contributed by atoms with E-state index in [1.54, 1.807) is 49.3 Å². The van der Waals surface area contributed by atoms with Crippen LogP contribution in [0.1, 0.15) is 39.5 Å². The summed E-state index contributed by atoms with van der Waals surface area (Å²) in [5.74, 6) is -2.42. The molecule has 4 heterocycles. The molecule has 1 N–H and O–H groups in total. The molecule has 0 bridgehead atoms. The van der Waals surface area contributed by atoms with Crippen molar-refractivity contribution >= 4 is 23.5 Å². The number of methoxy groups -OCH3 is 1. The van der Waals surface area contributed by atoms with Gasteiger partial charge in [-0.25, -0.2) is 0 Å². The average Bonchev–Trinajstić information content (AvgIpc) is 3.30. The van der Waals surface area contributed by atoms with Gasteiger partial charge in [-0.3, -0.25) is 14.4 Å². The summed E-state index contributed by atoms with van der Waals surface area (Å²) < 4.78 is 17.8. The molecule has 9 nitrogen and oxygen atoms in total. The number of hydrogen-bond donors (Lipinski definition) is 1. The van der Waals surface area contributed by atoms with Crippen LogP contribution < -0.4 is 9.64 Å². The van der Waals surface area contributed by atoms with Gasteiger partial charge < -0.3 is 29.1 Å². The van der Waals surface area contributed by atoms with E-state index in [0.29, 0.717) is 17.9 Å². The number of amides is 2. The van der Waals surface area contributed by atoms with E-state index in [1.165, 1.54) is 4.90 Å². The van der Waals surface area contributed by atoms with Crippen molar-refractivity contribution in [1.82, 2.24) is 4.90 Å². The summed E-state index contributed by atoms with van der Waals surface area (Å²) >= 11 is 0. The number of rotatable bonds is 5. The highest BCUT2D eigenvalue weighted by molar-refractivity contribution is 6.05. The SMILES string of the molecule is CC[C@@]12/C=C\CCCCOC(=O)[C@@H]1[C@H]1C(=O)N([C@H](C)CO)C3C(=O)N(c4ccc(OC)cc4)CC=C[C@@]31O2. The second-order valence-corrected chi connectivity index (χ2v) is 10.5. The Morgan fingerprint density at radius 3 is 2.53 bits per heavy atom. The number of esters is 1. The van der Waals surface area contributed by atoms with Gasteiger partial charge in [0.15, 0.2) is 0 Å². The molecule has 1 aromatic carbocycles. The Balaban J connectivity index is 1.66. The lowest BCUT2D eigenvalue weighted by molar-refractivity contribution is -0.161. The number of nitrogens with zero attached hydrogens (tertiary/aromatic N) is 2. The van der Waals surface area contributed by atoms with Crippen molar-refractivity contribution < 1.29 is 33.7 Å². The maximum atomic E-state index is 14.4. The molecule has 9 heteroatoms. The Kier molecular flexibility index (Phi) is 7.09. The van der Waals surface area contributed by atoms with Crippen LogP contribution in [0, 0.1) is 11.8 Å². The lowest BCUT2D eigenvalue weighted by atomic mass is 9.73. The van der Waals surface area contributed by atoms with Crippen LogP contribution in [-0.4, -0.2) is 77.9 Å². The molecular weight excluding hydrogens is 488 g/mol. The van der Waals surface area contributed by atoms with Crippen molar-refractivity contribution in [3.8, 4) is 5.75 Å². The van der Waals surface area contributed by atoms with Gasteiger partial charge in [-0.2, -0.15) is 0 Å². The summed E-state index contributed by atoms with van der Waals surface area (Å²) in [6.07, 6.45) is 10.4. The van der Waals surface area contributed by atoms with Gasteiger partial charge in [-0.05, 0) is 56.9 Å². The molecule has 4 aliphatic rings. The van der Waals surface area contributed by atoms with Crippen LogP contribution in [-0.2, 0) is 23.9 Å². The monoisotopic (exact) mass is 524 g/mol. The van der Waals surface area contributed by atoms with Gasteiger partial charge in [0.05, 0.1) is 32.3 Å². The first kappa shape index (κ1) is 26.4. The van der Waals surface area contributed by atoms with Crippen LogP contribution >= 0.6 is 0 Å². The van der Waals surface area contributed by atoms with Crippen molar-refractivity contribution in [2.45, 2.75) is 62.8 Å². The van der Waals surface area contributed by atoms with Gasteiger partial charge in [-0.15, -0.1) is 0 Å². The third kappa shape index (κ3) is 3.94. The third-order valence-electron chi connectivity index (χ3n) is 8.44. The Morgan fingerprint density at radius 2 is 1.84 bits per heavy atom. The minimum Gasteiger partial charge on any atom is -0.497 e. The number of benzene rings is 1. The maximum absolute atomic E-state index is 14.4. The second-order valence-electron chi connectivity index (χ2n) is 10.5. The van der Waals surface area contributed by atoms with Crippen LogP contribution in [0.5, 0.6) is 5.75 Å². The van der Waals surface area contributed by atoms with Crippen LogP contribution in [0.4, 0.5) is 5.69 Å². The number of likely N-dealkylation sites (tertiary alicyclic amines) is 1. The summed E-state index contributed by atoms with van der Waals surface area (Å²) in [4.78, 5) is 45.3. The molecule has 4 aliphatic heterocycles. The number of aliphatic hydroxyl groups is 1. The topological polar surface area (TPSA) is 106 Å². The average molecular weight is 525 g/mol. The fourth-order valence-electron chi connectivity index (χ4n) is 6.53. The maximum Gasteiger partial charge on any atom is 0.313 e. The molecular formula is C29H36N2O7. The molecule has 1 aromatic rings. The Morgan fingerprint density at radius 1 is 1.08 bits per heavy atom. The van der Waals surface area contributed by atoms with Gasteiger partial charge in [-0.1, -0.05) is 31.2 Å². The second kappa shape index (κ2) is 10.2. The van der Waals surface area contributed by atoms with Gasteiger partial charge in [0.2, 0.25) is 5.91 Å². The van der Waals surface area contributed by atoms with E-state index < -0.39 is 41.1 Å². The molecule has 0 saturated carbocycles. The van der Waals surface area contributed by atoms with E-state index in [1.807, 2.05) is 25.2 Å². The molecule has 5 rings (SSSR count). The summed E-state index contributed by atoms with van der Waals surface area (Å²) in [7, 11) is 1.57. The predicted octanol–water partition coefficient (Wildman–Crippen LogP) is 2.62. The highest BCUT2D eigenvalue weighted by atomic mass is 16.6. The number of allylic oxidation sites excluding steroid dienone is 1. The number of carbonyl (C=O) groups excluding carboxylic acids is 3. The number of ether oxygens (including phenoxy) is 3. The number of hydrogen-bond acceptors (Lipinski definition) is 7. The largest absolute Gasteiger partial charge is 0.497 e. The first-order valence-electron chi connectivity index (χ1n) is 13.4. The van der Waals surface area contributed by atoms with Crippen LogP contribution in [0.3, 0.4) is 0 Å². The molecule has 0 aliphatic carbocycles. The highest BCUT2D eigenvalue weighted by Crippen LogP contribution is 2.58. The molecule has 204 valence electrons. The lowest BCUT2D eigenvalue weighted by Gasteiger charge is -2.40. The molecule has 2 fully saturated rings. The van der Waals surface area contributed by atoms with Crippen molar-refractivity contribution in [3.05, 3.63) is 48.6 Å². The number of aliphatic hydroxyl groups excluding tert-OH is 1. The zero-order chi connectivity index (χ0) is 27.1. The van der Waals surface area contributed by atoms with Crippen LogP contribution in [0.2, 0.25) is 0 Å². The fraction of sp³-hybridized carbons (Fsp3) is 0.552. The van der Waals surface area contributed by atoms with Crippen molar-refractivity contribution in [2.75, 3.05) is 31.8 Å². The minimum atomic E-state index is -1.39. The normalized spacial score (nSPS) is 34.6. The number of carbonyl (C=O) groups is 3. The van der Waals surface area contributed by atoms with Gasteiger partial charge in [0, 0.05) is 12.2 Å². The molecule has 6 atom stereocenters. The molecule has 2 amide bonds. The molecule has 1 spiro atoms. The van der Waals surface area contributed by atoms with E-state index in [9.17, 15) is 19.5 Å². The summed E-state index contributed by atoms with van der Waals surface area (Å²) in [5.41, 5.74) is -1.84. The van der Waals surface area contributed by atoms with Crippen molar-refractivity contribution in [3.63, 3.8) is 0 Å². The van der Waals surface area contributed by atoms with Gasteiger partial charge in [0.25, 0.3) is 5.91 Å². The number of fused-ring (bicyclic) bond motifs is 2. The van der Waals surface area contributed by atoms with Crippen molar-refractivity contribution in [1.29, 1.82) is 0 Å². The highest BCUT2D eigenvalue weighted by Gasteiger charge is 2.75. The Labute approximate surface area is 223 Å². The van der Waals surface area contributed by atoms with E-state index in [-0.39, 0.29) is 31.6 Å². The lowest BCUT2D eigenvalue weighted by Crippen LogP contribution is -2.58. The summed E-state index contributed by atoms with van der Waals surface area (Å²) in [6.45, 7) is 3.83. The fourth-order valence-corrected chi connectivity index (χ4v) is 6.53. The summed E-state index contributed by atoms with van der Waals surface area (Å²) in [6, 6.07) is 5.41. The number of cyclic esters (lactones) is 1. The van der Waals surface area contributed by atoms with Gasteiger partial charge in [0.1, 0.15) is 28.9 Å². The molecule has 38 heavy (non-hydrogen) atoms. The quantitative estimate of drug-likeness (QED) is 0.466.